The van der Waals surface area contributed by atoms with Gasteiger partial charge in [0.2, 0.25) is 5.91 Å². The average Bonchev–Trinajstić information content (AvgIpc) is 2.39. The first-order valence-electron chi connectivity index (χ1n) is 6.98. The Hall–Kier alpha value is -0.650. The van der Waals surface area contributed by atoms with Crippen LogP contribution in [0.1, 0.15) is 33.6 Å². The van der Waals surface area contributed by atoms with Crippen LogP contribution >= 0.6 is 0 Å². The zero-order valence-electron chi connectivity index (χ0n) is 12.8. The third-order valence-corrected chi connectivity index (χ3v) is 4.35. The molecule has 2 N–H and O–H groups in total. The highest BCUT2D eigenvalue weighted by molar-refractivity contribution is 5.77. The Bertz CT molecular complexity index is 303. The predicted molar refractivity (Wildman–Crippen MR) is 74.8 cm³/mol. The number of carbonyl (C=O) groups is 1. The van der Waals surface area contributed by atoms with Crippen LogP contribution in [0, 0.1) is 5.41 Å². The topological polar surface area (TPSA) is 64.8 Å². The normalized spacial score (nSPS) is 26.6. The Labute approximate surface area is 116 Å². The Balaban J connectivity index is 2.55. The summed E-state index contributed by atoms with van der Waals surface area (Å²) in [6, 6.07) is 0.229. The van der Waals surface area contributed by atoms with Crippen molar-refractivity contribution in [1.29, 1.82) is 0 Å². The van der Waals surface area contributed by atoms with Crippen molar-refractivity contribution < 1.29 is 14.3 Å². The summed E-state index contributed by atoms with van der Waals surface area (Å²) in [7, 11) is 3.45. The molecule has 3 unspecified atom stereocenters. The van der Waals surface area contributed by atoms with Crippen LogP contribution in [0.4, 0.5) is 0 Å². The highest BCUT2D eigenvalue weighted by atomic mass is 16.5. The molecule has 0 saturated heterocycles. The summed E-state index contributed by atoms with van der Waals surface area (Å²) in [4.78, 5) is 14.0. The van der Waals surface area contributed by atoms with Crippen LogP contribution in [-0.4, -0.2) is 56.4 Å². The molecule has 0 aromatic rings. The zero-order chi connectivity index (χ0) is 14.6. The van der Waals surface area contributed by atoms with E-state index in [0.717, 1.165) is 13.0 Å². The molecular weight excluding hydrogens is 244 g/mol. The largest absolute Gasteiger partial charge is 0.380 e. The van der Waals surface area contributed by atoms with Gasteiger partial charge in [0.1, 0.15) is 0 Å². The monoisotopic (exact) mass is 272 g/mol. The molecule has 19 heavy (non-hydrogen) atoms. The van der Waals surface area contributed by atoms with Crippen LogP contribution in [0.3, 0.4) is 0 Å². The second kappa shape index (κ2) is 6.68. The highest BCUT2D eigenvalue weighted by Gasteiger charge is 2.51. The second-order valence-corrected chi connectivity index (χ2v) is 5.82. The van der Waals surface area contributed by atoms with Crippen molar-refractivity contribution in [2.75, 3.05) is 27.3 Å². The molecule has 5 nitrogen and oxygen atoms in total. The second-order valence-electron chi connectivity index (χ2n) is 5.82. The molecule has 1 aliphatic rings. The van der Waals surface area contributed by atoms with E-state index in [9.17, 15) is 4.79 Å². The number of carbonyl (C=O) groups excluding carboxylic acids is 1. The Kier molecular flexibility index (Phi) is 5.77. The van der Waals surface area contributed by atoms with Crippen molar-refractivity contribution in [3.63, 3.8) is 0 Å². The number of hydrogen-bond donors (Lipinski definition) is 1. The molecule has 0 aliphatic heterocycles. The number of methoxy groups -OCH3 is 1. The molecule has 0 bridgehead atoms. The van der Waals surface area contributed by atoms with Gasteiger partial charge in [-0.3, -0.25) is 4.79 Å². The lowest BCUT2D eigenvalue weighted by atomic mass is 9.63. The standard InChI is InChI=1S/C14H28N2O3/c1-6-19-12-8-11(14(12,2)3)16(4)13(17)7-10(9-15)18-5/h10-12H,6-9,15H2,1-5H3. The summed E-state index contributed by atoms with van der Waals surface area (Å²) in [6.45, 7) is 7.40. The van der Waals surface area contributed by atoms with Crippen LogP contribution in [-0.2, 0) is 14.3 Å². The maximum absolute atomic E-state index is 12.2. The summed E-state index contributed by atoms with van der Waals surface area (Å²) in [6.07, 6.45) is 1.30. The molecule has 1 saturated carbocycles. The molecule has 1 fully saturated rings. The van der Waals surface area contributed by atoms with E-state index in [-0.39, 0.29) is 29.6 Å². The first kappa shape index (κ1) is 16.4. The summed E-state index contributed by atoms with van der Waals surface area (Å²) < 4.78 is 10.9. The highest BCUT2D eigenvalue weighted by Crippen LogP contribution is 2.45. The number of rotatable bonds is 7. The fourth-order valence-corrected chi connectivity index (χ4v) is 2.78. The van der Waals surface area contributed by atoms with Crippen molar-refractivity contribution >= 4 is 5.91 Å². The van der Waals surface area contributed by atoms with Gasteiger partial charge in [0, 0.05) is 38.8 Å². The van der Waals surface area contributed by atoms with Gasteiger partial charge in [0.05, 0.1) is 18.6 Å². The van der Waals surface area contributed by atoms with E-state index in [2.05, 4.69) is 13.8 Å². The first-order valence-corrected chi connectivity index (χ1v) is 6.98. The smallest absolute Gasteiger partial charge is 0.225 e. The third kappa shape index (κ3) is 3.46. The van der Waals surface area contributed by atoms with E-state index in [4.69, 9.17) is 15.2 Å². The van der Waals surface area contributed by atoms with E-state index in [1.807, 2.05) is 18.9 Å². The van der Waals surface area contributed by atoms with Gasteiger partial charge < -0.3 is 20.1 Å². The minimum absolute atomic E-state index is 0.00566. The molecule has 112 valence electrons. The van der Waals surface area contributed by atoms with E-state index in [0.29, 0.717) is 13.0 Å². The average molecular weight is 272 g/mol. The minimum Gasteiger partial charge on any atom is -0.380 e. The lowest BCUT2D eigenvalue weighted by molar-refractivity contribution is -0.164. The third-order valence-electron chi connectivity index (χ3n) is 4.35. The SMILES string of the molecule is CCOC1CC(N(C)C(=O)CC(CN)OC)C1(C)C. The zero-order valence-corrected chi connectivity index (χ0v) is 12.8. The van der Waals surface area contributed by atoms with E-state index in [1.165, 1.54) is 0 Å². The predicted octanol–water partition coefficient (Wildman–Crippen LogP) is 1.01. The van der Waals surface area contributed by atoms with Crippen LogP contribution in [0.5, 0.6) is 0 Å². The summed E-state index contributed by atoms with van der Waals surface area (Å²) in [5, 5.41) is 0. The quantitative estimate of drug-likeness (QED) is 0.751. The molecule has 0 spiro atoms. The van der Waals surface area contributed by atoms with E-state index in [1.54, 1.807) is 7.11 Å². The maximum atomic E-state index is 12.2. The van der Waals surface area contributed by atoms with Crippen molar-refractivity contribution in [3.8, 4) is 0 Å². The van der Waals surface area contributed by atoms with Crippen LogP contribution < -0.4 is 5.73 Å². The van der Waals surface area contributed by atoms with Gasteiger partial charge in [-0.1, -0.05) is 13.8 Å². The van der Waals surface area contributed by atoms with Gasteiger partial charge in [-0.05, 0) is 13.3 Å². The fourth-order valence-electron chi connectivity index (χ4n) is 2.78. The molecule has 1 rings (SSSR count). The lowest BCUT2D eigenvalue weighted by Crippen LogP contribution is -2.62. The van der Waals surface area contributed by atoms with Crippen LogP contribution in [0.25, 0.3) is 0 Å². The molecule has 0 aromatic carbocycles. The maximum Gasteiger partial charge on any atom is 0.225 e. The van der Waals surface area contributed by atoms with Gasteiger partial charge in [-0.25, -0.2) is 0 Å². The lowest BCUT2D eigenvalue weighted by Gasteiger charge is -2.55. The number of nitrogens with two attached hydrogens (primary N) is 1. The molecule has 1 aliphatic carbocycles. The first-order chi connectivity index (χ1) is 8.88. The summed E-state index contributed by atoms with van der Waals surface area (Å²) in [5.41, 5.74) is 5.56. The van der Waals surface area contributed by atoms with Crippen LogP contribution in [0.2, 0.25) is 0 Å². The van der Waals surface area contributed by atoms with Crippen molar-refractivity contribution in [2.45, 2.75) is 51.9 Å². The van der Waals surface area contributed by atoms with E-state index < -0.39 is 0 Å². The van der Waals surface area contributed by atoms with Crippen molar-refractivity contribution in [2.24, 2.45) is 11.1 Å². The Morgan fingerprint density at radius 3 is 2.58 bits per heavy atom. The van der Waals surface area contributed by atoms with Gasteiger partial charge >= 0.3 is 0 Å². The van der Waals surface area contributed by atoms with Gasteiger partial charge in [-0.15, -0.1) is 0 Å². The number of hydrogen-bond acceptors (Lipinski definition) is 4. The molecule has 3 atom stereocenters. The summed E-state index contributed by atoms with van der Waals surface area (Å²) >= 11 is 0. The molecule has 0 radical (unpaired) electrons. The molecule has 0 aromatic heterocycles. The van der Waals surface area contributed by atoms with Gasteiger partial charge in [-0.2, -0.15) is 0 Å². The van der Waals surface area contributed by atoms with Gasteiger partial charge in [0.15, 0.2) is 0 Å². The number of ether oxygens (including phenoxy) is 2. The van der Waals surface area contributed by atoms with Gasteiger partial charge in [0.25, 0.3) is 0 Å². The van der Waals surface area contributed by atoms with Crippen molar-refractivity contribution in [3.05, 3.63) is 0 Å². The minimum atomic E-state index is -0.194. The molecule has 1 amide bonds. The molecule has 0 heterocycles. The number of nitrogens with zero attached hydrogens (tertiary/aromatic N) is 1. The fraction of sp³-hybridized carbons (Fsp3) is 0.929. The Morgan fingerprint density at radius 2 is 2.16 bits per heavy atom. The molecular formula is C14H28N2O3. The number of amides is 1. The van der Waals surface area contributed by atoms with Crippen molar-refractivity contribution in [1.82, 2.24) is 4.90 Å². The Morgan fingerprint density at radius 1 is 1.53 bits per heavy atom. The van der Waals surface area contributed by atoms with Crippen LogP contribution in [0.15, 0.2) is 0 Å². The summed E-state index contributed by atoms with van der Waals surface area (Å²) in [5.74, 6) is 0.0883. The molecule has 5 heteroatoms. The van der Waals surface area contributed by atoms with E-state index >= 15 is 0 Å².